The van der Waals surface area contributed by atoms with Gasteiger partial charge in [0.1, 0.15) is 0 Å². The fraction of sp³-hybridized carbons (Fsp3) is 1.00. The van der Waals surface area contributed by atoms with Crippen LogP contribution in [0.1, 0.15) is 26.7 Å². The standard InChI is InChI=1S/C8H18O2/c1-3-4-8(2)7-10-6-5-9/h8-9H,3-7H2,1-2H3. The zero-order valence-corrected chi connectivity index (χ0v) is 6.97. The molecule has 0 rings (SSSR count). The van der Waals surface area contributed by atoms with Crippen LogP contribution in [0.25, 0.3) is 0 Å². The van der Waals surface area contributed by atoms with E-state index < -0.39 is 0 Å². The fourth-order valence-corrected chi connectivity index (χ4v) is 0.925. The van der Waals surface area contributed by atoms with Crippen molar-refractivity contribution in [3.63, 3.8) is 0 Å². The van der Waals surface area contributed by atoms with Gasteiger partial charge in [-0.05, 0) is 12.3 Å². The van der Waals surface area contributed by atoms with Gasteiger partial charge in [-0.3, -0.25) is 0 Å². The molecule has 0 saturated heterocycles. The van der Waals surface area contributed by atoms with Gasteiger partial charge in [-0.15, -0.1) is 0 Å². The van der Waals surface area contributed by atoms with Crippen molar-refractivity contribution in [1.82, 2.24) is 0 Å². The van der Waals surface area contributed by atoms with Gasteiger partial charge in [0.05, 0.1) is 13.2 Å². The third-order valence-corrected chi connectivity index (χ3v) is 1.42. The van der Waals surface area contributed by atoms with Crippen molar-refractivity contribution < 1.29 is 9.84 Å². The lowest BCUT2D eigenvalue weighted by Crippen LogP contribution is -2.08. The smallest absolute Gasteiger partial charge is 0.0697 e. The van der Waals surface area contributed by atoms with E-state index in [-0.39, 0.29) is 6.61 Å². The summed E-state index contributed by atoms with van der Waals surface area (Å²) in [5, 5.41) is 8.38. The third-order valence-electron chi connectivity index (χ3n) is 1.42. The van der Waals surface area contributed by atoms with Crippen LogP contribution in [0.5, 0.6) is 0 Å². The molecule has 10 heavy (non-hydrogen) atoms. The van der Waals surface area contributed by atoms with E-state index >= 15 is 0 Å². The highest BCUT2D eigenvalue weighted by molar-refractivity contribution is 4.48. The van der Waals surface area contributed by atoms with Crippen LogP contribution in [0, 0.1) is 5.92 Å². The van der Waals surface area contributed by atoms with E-state index in [9.17, 15) is 0 Å². The van der Waals surface area contributed by atoms with Crippen molar-refractivity contribution in [1.29, 1.82) is 0 Å². The summed E-state index contributed by atoms with van der Waals surface area (Å²) in [6, 6.07) is 0. The SMILES string of the molecule is CCCC(C)COCCO. The number of ether oxygens (including phenoxy) is 1. The Hall–Kier alpha value is -0.0800. The Morgan fingerprint density at radius 1 is 1.50 bits per heavy atom. The summed E-state index contributed by atoms with van der Waals surface area (Å²) in [5.74, 6) is 0.636. The van der Waals surface area contributed by atoms with Gasteiger partial charge in [-0.2, -0.15) is 0 Å². The molecule has 62 valence electrons. The molecule has 0 bridgehead atoms. The lowest BCUT2D eigenvalue weighted by molar-refractivity contribution is 0.0695. The molecule has 1 unspecified atom stereocenters. The Morgan fingerprint density at radius 2 is 2.20 bits per heavy atom. The Balaban J connectivity index is 2.97. The molecule has 1 N–H and O–H groups in total. The highest BCUT2D eigenvalue weighted by Gasteiger charge is 1.98. The molecule has 0 aliphatic heterocycles. The van der Waals surface area contributed by atoms with Crippen LogP contribution >= 0.6 is 0 Å². The second-order valence-corrected chi connectivity index (χ2v) is 2.69. The summed E-state index contributed by atoms with van der Waals surface area (Å²) in [4.78, 5) is 0. The number of aliphatic hydroxyl groups excluding tert-OH is 1. The van der Waals surface area contributed by atoms with Gasteiger partial charge < -0.3 is 9.84 Å². The predicted octanol–water partition coefficient (Wildman–Crippen LogP) is 1.43. The van der Waals surface area contributed by atoms with Crippen LogP contribution in [-0.2, 0) is 4.74 Å². The molecule has 1 atom stereocenters. The van der Waals surface area contributed by atoms with Crippen LogP contribution in [0.4, 0.5) is 0 Å². The van der Waals surface area contributed by atoms with Crippen molar-refractivity contribution in [3.05, 3.63) is 0 Å². The molecule has 0 radical (unpaired) electrons. The second-order valence-electron chi connectivity index (χ2n) is 2.69. The third kappa shape index (κ3) is 6.05. The Kier molecular flexibility index (Phi) is 6.98. The summed E-state index contributed by atoms with van der Waals surface area (Å²) in [5.41, 5.74) is 0. The summed E-state index contributed by atoms with van der Waals surface area (Å²) in [6.45, 7) is 5.74. The van der Waals surface area contributed by atoms with E-state index in [1.165, 1.54) is 12.8 Å². The number of aliphatic hydroxyl groups is 1. The van der Waals surface area contributed by atoms with Crippen LogP contribution in [0.15, 0.2) is 0 Å². The van der Waals surface area contributed by atoms with Crippen LogP contribution in [0.2, 0.25) is 0 Å². The minimum Gasteiger partial charge on any atom is -0.394 e. The minimum absolute atomic E-state index is 0.138. The molecule has 2 nitrogen and oxygen atoms in total. The first-order valence-corrected chi connectivity index (χ1v) is 3.99. The Labute approximate surface area is 63.2 Å². The van der Waals surface area contributed by atoms with Gasteiger partial charge in [0.2, 0.25) is 0 Å². The van der Waals surface area contributed by atoms with Crippen LogP contribution < -0.4 is 0 Å². The zero-order valence-electron chi connectivity index (χ0n) is 6.97. The van der Waals surface area contributed by atoms with Gasteiger partial charge in [0.15, 0.2) is 0 Å². The first kappa shape index (κ1) is 9.92. The van der Waals surface area contributed by atoms with Gasteiger partial charge >= 0.3 is 0 Å². The number of hydrogen-bond donors (Lipinski definition) is 1. The van der Waals surface area contributed by atoms with E-state index in [1.54, 1.807) is 0 Å². The maximum absolute atomic E-state index is 8.38. The van der Waals surface area contributed by atoms with Crippen molar-refractivity contribution in [2.45, 2.75) is 26.7 Å². The number of hydrogen-bond acceptors (Lipinski definition) is 2. The van der Waals surface area contributed by atoms with E-state index in [1.807, 2.05) is 0 Å². The predicted molar refractivity (Wildman–Crippen MR) is 42.0 cm³/mol. The fourth-order valence-electron chi connectivity index (χ4n) is 0.925. The molecular formula is C8H18O2. The van der Waals surface area contributed by atoms with E-state index in [4.69, 9.17) is 9.84 Å². The molecule has 0 heterocycles. The molecule has 0 amide bonds. The lowest BCUT2D eigenvalue weighted by atomic mass is 10.1. The average molecular weight is 146 g/mol. The first-order valence-electron chi connectivity index (χ1n) is 3.99. The zero-order chi connectivity index (χ0) is 7.82. The van der Waals surface area contributed by atoms with Crippen LogP contribution in [0.3, 0.4) is 0 Å². The lowest BCUT2D eigenvalue weighted by Gasteiger charge is -2.08. The molecule has 0 spiro atoms. The van der Waals surface area contributed by atoms with Crippen molar-refractivity contribution in [2.75, 3.05) is 19.8 Å². The number of rotatable bonds is 6. The maximum atomic E-state index is 8.38. The molecule has 0 fully saturated rings. The molecule has 0 aliphatic rings. The summed E-state index contributed by atoms with van der Waals surface area (Å²) in [6.07, 6.45) is 2.43. The normalized spacial score (nSPS) is 13.5. The maximum Gasteiger partial charge on any atom is 0.0697 e. The van der Waals surface area contributed by atoms with Crippen molar-refractivity contribution in [2.24, 2.45) is 5.92 Å². The largest absolute Gasteiger partial charge is 0.394 e. The molecule has 0 saturated carbocycles. The highest BCUT2D eigenvalue weighted by atomic mass is 16.5. The van der Waals surface area contributed by atoms with Gasteiger partial charge in [0, 0.05) is 6.61 Å². The van der Waals surface area contributed by atoms with E-state index in [2.05, 4.69) is 13.8 Å². The quantitative estimate of drug-likeness (QED) is 0.574. The summed E-state index contributed by atoms with van der Waals surface area (Å²) < 4.78 is 5.15. The van der Waals surface area contributed by atoms with Gasteiger partial charge in [-0.25, -0.2) is 0 Å². The minimum atomic E-state index is 0.138. The van der Waals surface area contributed by atoms with E-state index in [0.29, 0.717) is 12.5 Å². The molecular weight excluding hydrogens is 128 g/mol. The van der Waals surface area contributed by atoms with Crippen molar-refractivity contribution >= 4 is 0 Å². The summed E-state index contributed by atoms with van der Waals surface area (Å²) >= 11 is 0. The molecule has 0 aromatic carbocycles. The molecule has 0 aromatic rings. The topological polar surface area (TPSA) is 29.5 Å². The monoisotopic (exact) mass is 146 g/mol. The Morgan fingerprint density at radius 3 is 2.70 bits per heavy atom. The van der Waals surface area contributed by atoms with Gasteiger partial charge in [0.25, 0.3) is 0 Å². The first-order chi connectivity index (χ1) is 4.81. The van der Waals surface area contributed by atoms with E-state index in [0.717, 1.165) is 6.61 Å². The van der Waals surface area contributed by atoms with Crippen LogP contribution in [-0.4, -0.2) is 24.9 Å². The summed E-state index contributed by atoms with van der Waals surface area (Å²) in [7, 11) is 0. The second kappa shape index (κ2) is 7.03. The highest BCUT2D eigenvalue weighted by Crippen LogP contribution is 2.04. The molecule has 0 aromatic heterocycles. The average Bonchev–Trinajstić information content (AvgIpc) is 1.89. The van der Waals surface area contributed by atoms with Gasteiger partial charge in [-0.1, -0.05) is 20.3 Å². The molecule has 2 heteroatoms. The Bertz CT molecular complexity index is 64.3. The molecule has 0 aliphatic carbocycles. The van der Waals surface area contributed by atoms with Crippen molar-refractivity contribution in [3.8, 4) is 0 Å².